The van der Waals surface area contributed by atoms with Gasteiger partial charge in [0.2, 0.25) is 5.89 Å². The second-order valence-corrected chi connectivity index (χ2v) is 23.2. The van der Waals surface area contributed by atoms with Crippen LogP contribution in [0.3, 0.4) is 0 Å². The molecule has 4 nitrogen and oxygen atoms in total. The van der Waals surface area contributed by atoms with Crippen molar-refractivity contribution in [1.82, 2.24) is 9.55 Å². The van der Waals surface area contributed by atoms with Crippen molar-refractivity contribution in [2.24, 2.45) is 0 Å². The number of oxazole rings is 1. The predicted molar refractivity (Wildman–Crippen MR) is 285 cm³/mol. The summed E-state index contributed by atoms with van der Waals surface area (Å²) in [5.74, 6) is 0.635. The first-order chi connectivity index (χ1) is 32.5. The average molecular weight is 880 g/mol. The quantitative estimate of drug-likeness (QED) is 0.162. The van der Waals surface area contributed by atoms with Crippen LogP contribution in [0.2, 0.25) is 0 Å². The van der Waals surface area contributed by atoms with Crippen molar-refractivity contribution in [1.29, 1.82) is 0 Å². The molecule has 8 aromatic carbocycles. The molecule has 68 heavy (non-hydrogen) atoms. The first-order valence-corrected chi connectivity index (χ1v) is 24.5. The molecule has 5 heteroatoms. The van der Waals surface area contributed by atoms with Crippen molar-refractivity contribution < 1.29 is 4.42 Å². The second-order valence-electron chi connectivity index (χ2n) is 23.2. The SMILES string of the molecule is CC(C)(C)c1ccc(N2B3c4cc5nc(-c6ccccc6)oc5cc4-n4c5ccc(C(C)(C)C)cc5c5c6c(c(c3c54)-c3cc4c(cc32)-c2ccccc2C4(C)C)-c2ccccc2C6(C)C)cc1. The van der Waals surface area contributed by atoms with Crippen molar-refractivity contribution >= 4 is 62.1 Å². The second kappa shape index (κ2) is 12.9. The van der Waals surface area contributed by atoms with Gasteiger partial charge in [-0.25, -0.2) is 4.98 Å². The van der Waals surface area contributed by atoms with Gasteiger partial charge in [-0.05, 0) is 138 Å². The molecule has 4 heterocycles. The number of benzene rings is 8. The Hall–Kier alpha value is -7.11. The van der Waals surface area contributed by atoms with E-state index in [9.17, 15) is 0 Å². The molecule has 10 aromatic rings. The van der Waals surface area contributed by atoms with Gasteiger partial charge >= 0.3 is 6.85 Å². The number of rotatable bonds is 2. The van der Waals surface area contributed by atoms with E-state index in [0.717, 1.165) is 22.4 Å². The van der Waals surface area contributed by atoms with Gasteiger partial charge in [-0.3, -0.25) is 0 Å². The molecule has 2 aliphatic carbocycles. The Morgan fingerprint density at radius 2 is 1.22 bits per heavy atom. The van der Waals surface area contributed by atoms with Crippen molar-refractivity contribution in [3.63, 3.8) is 0 Å². The molecule has 330 valence electrons. The summed E-state index contributed by atoms with van der Waals surface area (Å²) in [4.78, 5) is 7.97. The maximum Gasteiger partial charge on any atom is 0.333 e. The molecule has 2 aromatic heterocycles. The van der Waals surface area contributed by atoms with Gasteiger partial charge in [0.1, 0.15) is 5.52 Å². The van der Waals surface area contributed by atoms with Gasteiger partial charge in [0.05, 0.1) is 11.0 Å². The molecule has 0 radical (unpaired) electrons. The Balaban J connectivity index is 1.21. The van der Waals surface area contributed by atoms with Gasteiger partial charge in [-0.15, -0.1) is 0 Å². The highest BCUT2D eigenvalue weighted by Crippen LogP contribution is 2.61. The van der Waals surface area contributed by atoms with Gasteiger partial charge < -0.3 is 13.8 Å². The van der Waals surface area contributed by atoms with E-state index in [1.807, 2.05) is 6.07 Å². The lowest BCUT2D eigenvalue weighted by Crippen LogP contribution is -2.60. The summed E-state index contributed by atoms with van der Waals surface area (Å²) in [7, 11) is 0. The van der Waals surface area contributed by atoms with Crippen molar-refractivity contribution in [2.75, 3.05) is 4.81 Å². The van der Waals surface area contributed by atoms with Crippen LogP contribution in [0.5, 0.6) is 0 Å². The number of fused-ring (bicyclic) bond motifs is 17. The van der Waals surface area contributed by atoms with Gasteiger partial charge in [0.25, 0.3) is 0 Å². The van der Waals surface area contributed by atoms with E-state index >= 15 is 0 Å². The summed E-state index contributed by atoms with van der Waals surface area (Å²) < 4.78 is 9.41. The van der Waals surface area contributed by atoms with Crippen molar-refractivity contribution in [3.8, 4) is 50.5 Å². The third kappa shape index (κ3) is 5.04. The lowest BCUT2D eigenvalue weighted by atomic mass is 9.43. The predicted octanol–water partition coefficient (Wildman–Crippen LogP) is 15.0. The zero-order valence-electron chi connectivity index (χ0n) is 40.7. The molecule has 0 unspecified atom stereocenters. The van der Waals surface area contributed by atoms with Crippen LogP contribution in [0.15, 0.2) is 150 Å². The molecule has 0 atom stereocenters. The van der Waals surface area contributed by atoms with Gasteiger partial charge in [-0.2, -0.15) is 0 Å². The van der Waals surface area contributed by atoms with E-state index in [4.69, 9.17) is 9.40 Å². The zero-order chi connectivity index (χ0) is 46.6. The minimum Gasteiger partial charge on any atom is -0.436 e. The fourth-order valence-corrected chi connectivity index (χ4v) is 13.0. The summed E-state index contributed by atoms with van der Waals surface area (Å²) in [5, 5.41) is 2.67. The minimum atomic E-state index is -0.278. The highest BCUT2D eigenvalue weighted by molar-refractivity contribution is 6.94. The normalized spacial score (nSPS) is 15.7. The van der Waals surface area contributed by atoms with Crippen LogP contribution in [0.4, 0.5) is 11.4 Å². The molecule has 0 bridgehead atoms. The molecule has 0 fully saturated rings. The highest BCUT2D eigenvalue weighted by atomic mass is 16.3. The van der Waals surface area contributed by atoms with E-state index < -0.39 is 0 Å². The average Bonchev–Trinajstić information content (AvgIpc) is 4.02. The fourth-order valence-electron chi connectivity index (χ4n) is 13.0. The van der Waals surface area contributed by atoms with Gasteiger partial charge in [-0.1, -0.05) is 154 Å². The van der Waals surface area contributed by atoms with E-state index in [-0.39, 0.29) is 28.5 Å². The minimum absolute atomic E-state index is 0.00721. The Morgan fingerprint density at radius 1 is 0.559 bits per heavy atom. The summed E-state index contributed by atoms with van der Waals surface area (Å²) in [5.41, 5.74) is 27.0. The van der Waals surface area contributed by atoms with Gasteiger partial charge in [0, 0.05) is 55.9 Å². The van der Waals surface area contributed by atoms with E-state index in [1.165, 1.54) is 111 Å². The molecule has 0 amide bonds. The smallest absolute Gasteiger partial charge is 0.333 e. The van der Waals surface area contributed by atoms with E-state index in [0.29, 0.717) is 5.89 Å². The topological polar surface area (TPSA) is 34.2 Å². The zero-order valence-corrected chi connectivity index (χ0v) is 40.7. The molecule has 4 aliphatic rings. The molecular formula is C63H54BN3O. The van der Waals surface area contributed by atoms with Crippen LogP contribution in [-0.2, 0) is 21.7 Å². The van der Waals surface area contributed by atoms with Crippen LogP contribution < -0.4 is 15.7 Å². The maximum atomic E-state index is 6.79. The van der Waals surface area contributed by atoms with Gasteiger partial charge in [0.15, 0.2) is 5.58 Å². The molecule has 0 saturated carbocycles. The van der Waals surface area contributed by atoms with E-state index in [2.05, 4.69) is 218 Å². The molecule has 0 saturated heterocycles. The molecule has 2 aliphatic heterocycles. The standard InChI is InChI=1S/C63H54BN3O/c1-60(2,3)36-24-27-38(28-25-36)67-50-32-41-39-20-14-16-22-44(39)62(7,8)46(41)31-43(50)54-53-40-21-15-17-23-45(40)63(9,10)56(53)55-42-30-37(61(4,5)6)26-29-49(42)66-51-34-52-48(33-47(51)64(67)57(54)58(55)66)65-59(68-52)35-18-12-11-13-19-35/h11-34H,1-10H3. The summed E-state index contributed by atoms with van der Waals surface area (Å²) in [6.45, 7) is 23.5. The third-order valence-corrected chi connectivity index (χ3v) is 16.5. The van der Waals surface area contributed by atoms with Crippen LogP contribution in [0, 0.1) is 0 Å². The summed E-state index contributed by atoms with van der Waals surface area (Å²) in [6, 6.07) is 55.3. The lowest BCUT2D eigenvalue weighted by Gasteiger charge is -2.43. The molecule has 0 spiro atoms. The lowest BCUT2D eigenvalue weighted by molar-refractivity contribution is 0.590. The van der Waals surface area contributed by atoms with Crippen LogP contribution in [0.25, 0.3) is 83.4 Å². The van der Waals surface area contributed by atoms with Crippen LogP contribution >= 0.6 is 0 Å². The van der Waals surface area contributed by atoms with Crippen LogP contribution in [0.1, 0.15) is 103 Å². The van der Waals surface area contributed by atoms with Crippen LogP contribution in [-0.4, -0.2) is 16.4 Å². The number of aromatic nitrogens is 2. The first kappa shape index (κ1) is 40.0. The number of nitrogens with zero attached hydrogens (tertiary/aromatic N) is 3. The Labute approximate surface area is 399 Å². The van der Waals surface area contributed by atoms with Crippen molar-refractivity contribution in [3.05, 3.63) is 179 Å². The Bertz CT molecular complexity index is 3870. The number of hydrogen-bond donors (Lipinski definition) is 0. The monoisotopic (exact) mass is 879 g/mol. The number of anilines is 2. The Kier molecular flexibility index (Phi) is 7.59. The Morgan fingerprint density at radius 3 is 1.94 bits per heavy atom. The van der Waals surface area contributed by atoms with Crippen molar-refractivity contribution in [2.45, 2.75) is 90.9 Å². The largest absolute Gasteiger partial charge is 0.436 e. The first-order valence-electron chi connectivity index (χ1n) is 24.5. The maximum absolute atomic E-state index is 6.79. The third-order valence-electron chi connectivity index (χ3n) is 16.5. The fraction of sp³-hybridized carbons (Fsp3) is 0.222. The molecule has 0 N–H and O–H groups in total. The highest BCUT2D eigenvalue weighted by Gasteiger charge is 2.51. The van der Waals surface area contributed by atoms with E-state index in [1.54, 1.807) is 0 Å². The molecule has 14 rings (SSSR count). The molecular weight excluding hydrogens is 826 g/mol. The number of hydrogen-bond acceptors (Lipinski definition) is 3. The summed E-state index contributed by atoms with van der Waals surface area (Å²) in [6.07, 6.45) is 0. The summed E-state index contributed by atoms with van der Waals surface area (Å²) >= 11 is 0.